The maximum absolute atomic E-state index is 12.3. The highest BCUT2D eigenvalue weighted by Gasteiger charge is 2.19. The predicted molar refractivity (Wildman–Crippen MR) is 76.3 cm³/mol. The van der Waals surface area contributed by atoms with E-state index in [1.165, 1.54) is 0 Å². The predicted octanol–water partition coefficient (Wildman–Crippen LogP) is 3.67. The van der Waals surface area contributed by atoms with Gasteiger partial charge >= 0.3 is 0 Å². The lowest BCUT2D eigenvalue weighted by atomic mass is 10.2. The number of carbonyl (C=O) groups is 1. The van der Waals surface area contributed by atoms with Crippen LogP contribution >= 0.6 is 11.3 Å². The minimum absolute atomic E-state index is 0.0461. The molecule has 0 unspecified atom stereocenters. The van der Waals surface area contributed by atoms with Crippen molar-refractivity contribution in [1.29, 1.82) is 0 Å². The van der Waals surface area contributed by atoms with Crippen LogP contribution in [0, 0.1) is 0 Å². The molecule has 0 aliphatic carbocycles. The number of thiophene rings is 1. The minimum atomic E-state index is -0.0461. The first-order chi connectivity index (χ1) is 9.26. The molecule has 19 heavy (non-hydrogen) atoms. The van der Waals surface area contributed by atoms with Crippen molar-refractivity contribution in [3.05, 3.63) is 29.3 Å². The summed E-state index contributed by atoms with van der Waals surface area (Å²) in [5.41, 5.74) is 0.394. The van der Waals surface area contributed by atoms with Gasteiger partial charge in [0.15, 0.2) is 11.5 Å². The van der Waals surface area contributed by atoms with E-state index in [2.05, 4.69) is 19.0 Å². The molecule has 102 valence electrons. The topological polar surface area (TPSA) is 46.3 Å². The van der Waals surface area contributed by atoms with Gasteiger partial charge in [-0.2, -0.15) is 0 Å². The molecule has 2 rings (SSSR count). The van der Waals surface area contributed by atoms with Gasteiger partial charge in [-0.3, -0.25) is 4.79 Å². The van der Waals surface area contributed by atoms with Crippen molar-refractivity contribution in [2.75, 3.05) is 13.1 Å². The second kappa shape index (κ2) is 6.52. The van der Waals surface area contributed by atoms with Crippen LogP contribution in [0.15, 0.2) is 28.1 Å². The molecule has 0 N–H and O–H groups in total. The Bertz CT molecular complexity index is 513. The summed E-state index contributed by atoms with van der Waals surface area (Å²) in [4.78, 5) is 15.1. The molecule has 5 heteroatoms. The largest absolute Gasteiger partial charge is 0.355 e. The highest BCUT2D eigenvalue weighted by Crippen LogP contribution is 2.25. The number of hydrogen-bond donors (Lipinski definition) is 0. The maximum Gasteiger partial charge on any atom is 0.276 e. The van der Waals surface area contributed by atoms with Crippen LogP contribution in [0.2, 0.25) is 0 Å². The van der Waals surface area contributed by atoms with Gasteiger partial charge in [-0.1, -0.05) is 25.1 Å². The second-order valence-corrected chi connectivity index (χ2v) is 5.29. The Balaban J connectivity index is 2.14. The Kier molecular flexibility index (Phi) is 4.74. The summed E-state index contributed by atoms with van der Waals surface area (Å²) in [5, 5.41) is 5.87. The van der Waals surface area contributed by atoms with E-state index in [1.807, 2.05) is 22.4 Å². The lowest BCUT2D eigenvalue weighted by molar-refractivity contribution is 0.0745. The van der Waals surface area contributed by atoms with Crippen molar-refractivity contribution >= 4 is 17.2 Å². The first-order valence-corrected chi connectivity index (χ1v) is 7.44. The molecule has 2 heterocycles. The maximum atomic E-state index is 12.3. The van der Waals surface area contributed by atoms with E-state index in [0.717, 1.165) is 30.8 Å². The van der Waals surface area contributed by atoms with Crippen molar-refractivity contribution in [1.82, 2.24) is 10.1 Å². The highest BCUT2D eigenvalue weighted by atomic mass is 32.1. The standard InChI is InChI=1S/C14H18N2O2S/c1-3-7-16(8-4-2)14(17)11-10-12(18-15-11)13-6-5-9-19-13/h5-6,9-10H,3-4,7-8H2,1-2H3. The quantitative estimate of drug-likeness (QED) is 0.810. The summed E-state index contributed by atoms with van der Waals surface area (Å²) < 4.78 is 5.25. The summed E-state index contributed by atoms with van der Waals surface area (Å²) in [6.07, 6.45) is 1.89. The van der Waals surface area contributed by atoms with Crippen LogP contribution in [0.3, 0.4) is 0 Å². The molecular weight excluding hydrogens is 260 g/mol. The van der Waals surface area contributed by atoms with Crippen LogP contribution in [0.25, 0.3) is 10.6 Å². The number of carbonyl (C=O) groups excluding carboxylic acids is 1. The van der Waals surface area contributed by atoms with Gasteiger partial charge in [0.25, 0.3) is 5.91 Å². The summed E-state index contributed by atoms with van der Waals surface area (Å²) >= 11 is 1.57. The van der Waals surface area contributed by atoms with Crippen LogP contribution in [0.1, 0.15) is 37.2 Å². The van der Waals surface area contributed by atoms with Gasteiger partial charge in [-0.05, 0) is 24.3 Å². The first kappa shape index (κ1) is 13.8. The molecule has 0 bridgehead atoms. The average Bonchev–Trinajstić information content (AvgIpc) is 3.08. The zero-order valence-electron chi connectivity index (χ0n) is 11.3. The molecule has 0 aromatic carbocycles. The van der Waals surface area contributed by atoms with Crippen molar-refractivity contribution in [3.63, 3.8) is 0 Å². The third-order valence-corrected chi connectivity index (χ3v) is 3.65. The smallest absolute Gasteiger partial charge is 0.276 e. The van der Waals surface area contributed by atoms with Gasteiger partial charge in [-0.15, -0.1) is 11.3 Å². The Hall–Kier alpha value is -1.62. The van der Waals surface area contributed by atoms with Crippen LogP contribution < -0.4 is 0 Å². The number of hydrogen-bond acceptors (Lipinski definition) is 4. The fourth-order valence-corrected chi connectivity index (χ4v) is 2.60. The molecule has 0 saturated carbocycles. The third kappa shape index (κ3) is 3.23. The lowest BCUT2D eigenvalue weighted by Crippen LogP contribution is -2.32. The van der Waals surface area contributed by atoms with E-state index < -0.39 is 0 Å². The first-order valence-electron chi connectivity index (χ1n) is 6.56. The van der Waals surface area contributed by atoms with Gasteiger partial charge in [0.2, 0.25) is 0 Å². The Morgan fingerprint density at radius 3 is 2.68 bits per heavy atom. The van der Waals surface area contributed by atoms with Crippen molar-refractivity contribution in [2.24, 2.45) is 0 Å². The van der Waals surface area contributed by atoms with Crippen molar-refractivity contribution in [2.45, 2.75) is 26.7 Å². The molecular formula is C14H18N2O2S. The molecule has 4 nitrogen and oxygen atoms in total. The SMILES string of the molecule is CCCN(CCC)C(=O)c1cc(-c2cccs2)on1. The van der Waals surface area contributed by atoms with Crippen molar-refractivity contribution in [3.8, 4) is 10.6 Å². The molecule has 1 amide bonds. The fraction of sp³-hybridized carbons (Fsp3) is 0.429. The zero-order chi connectivity index (χ0) is 13.7. The molecule has 2 aromatic rings. The normalized spacial score (nSPS) is 10.6. The Labute approximate surface area is 117 Å². The van der Waals surface area contributed by atoms with Gasteiger partial charge in [0, 0.05) is 19.2 Å². The van der Waals surface area contributed by atoms with E-state index >= 15 is 0 Å². The van der Waals surface area contributed by atoms with Gasteiger partial charge in [0.05, 0.1) is 4.88 Å². The van der Waals surface area contributed by atoms with E-state index in [0.29, 0.717) is 11.5 Å². The molecule has 0 fully saturated rings. The minimum Gasteiger partial charge on any atom is -0.355 e. The van der Waals surface area contributed by atoms with Crippen LogP contribution in [-0.2, 0) is 0 Å². The third-order valence-electron chi connectivity index (χ3n) is 2.77. The molecule has 0 aliphatic heterocycles. The van der Waals surface area contributed by atoms with Gasteiger partial charge in [0.1, 0.15) is 0 Å². The highest BCUT2D eigenvalue weighted by molar-refractivity contribution is 7.13. The zero-order valence-corrected chi connectivity index (χ0v) is 12.1. The van der Waals surface area contributed by atoms with Crippen LogP contribution in [0.5, 0.6) is 0 Å². The average molecular weight is 278 g/mol. The molecule has 2 aromatic heterocycles. The molecule has 0 saturated heterocycles. The summed E-state index contributed by atoms with van der Waals surface area (Å²) in [6.45, 7) is 5.65. The summed E-state index contributed by atoms with van der Waals surface area (Å²) in [6, 6.07) is 5.63. The number of aromatic nitrogens is 1. The molecule has 0 radical (unpaired) electrons. The molecule has 0 spiro atoms. The number of nitrogens with zero attached hydrogens (tertiary/aromatic N) is 2. The van der Waals surface area contributed by atoms with Crippen LogP contribution in [0.4, 0.5) is 0 Å². The number of amides is 1. The van der Waals surface area contributed by atoms with E-state index in [1.54, 1.807) is 17.4 Å². The second-order valence-electron chi connectivity index (χ2n) is 4.35. The van der Waals surface area contributed by atoms with Gasteiger partial charge < -0.3 is 9.42 Å². The van der Waals surface area contributed by atoms with E-state index in [4.69, 9.17) is 4.52 Å². The van der Waals surface area contributed by atoms with Crippen LogP contribution in [-0.4, -0.2) is 29.1 Å². The number of rotatable bonds is 6. The van der Waals surface area contributed by atoms with E-state index in [-0.39, 0.29) is 5.91 Å². The molecule has 0 atom stereocenters. The Morgan fingerprint density at radius 1 is 1.37 bits per heavy atom. The van der Waals surface area contributed by atoms with Gasteiger partial charge in [-0.25, -0.2) is 0 Å². The lowest BCUT2D eigenvalue weighted by Gasteiger charge is -2.19. The van der Waals surface area contributed by atoms with E-state index in [9.17, 15) is 4.79 Å². The monoisotopic (exact) mass is 278 g/mol. The molecule has 0 aliphatic rings. The summed E-state index contributed by atoms with van der Waals surface area (Å²) in [5.74, 6) is 0.613. The van der Waals surface area contributed by atoms with Crippen molar-refractivity contribution < 1.29 is 9.32 Å². The fourth-order valence-electron chi connectivity index (χ4n) is 1.93. The summed E-state index contributed by atoms with van der Waals surface area (Å²) in [7, 11) is 0. The Morgan fingerprint density at radius 2 is 2.11 bits per heavy atom.